The quantitative estimate of drug-likeness (QED) is 0.561. The zero-order valence-electron chi connectivity index (χ0n) is 10.8. The highest BCUT2D eigenvalue weighted by atomic mass is 16.6. The number of anilines is 1. The third-order valence-electron chi connectivity index (χ3n) is 3.58. The van der Waals surface area contributed by atoms with Crippen molar-refractivity contribution in [1.29, 1.82) is 0 Å². The highest BCUT2D eigenvalue weighted by molar-refractivity contribution is 5.89. The first kappa shape index (κ1) is 14.3. The predicted octanol–water partition coefficient (Wildman–Crippen LogP) is 2.01. The minimum atomic E-state index is -1.21. The Balaban J connectivity index is 2.18. The molecule has 0 heterocycles. The molecule has 0 aliphatic heterocycles. The van der Waals surface area contributed by atoms with Crippen LogP contribution in [0, 0.1) is 10.1 Å². The molecule has 1 aliphatic rings. The number of nitro benzene ring substituents is 1. The molecule has 0 amide bonds. The van der Waals surface area contributed by atoms with E-state index in [0.29, 0.717) is 12.8 Å². The van der Waals surface area contributed by atoms with Gasteiger partial charge < -0.3 is 15.5 Å². The van der Waals surface area contributed by atoms with Gasteiger partial charge in [-0.2, -0.15) is 0 Å². The first-order valence-electron chi connectivity index (χ1n) is 6.39. The average Bonchev–Trinajstić information content (AvgIpc) is 2.83. The molecule has 1 aliphatic carbocycles. The van der Waals surface area contributed by atoms with E-state index < -0.39 is 16.5 Å². The number of aliphatic hydroxyl groups is 1. The van der Waals surface area contributed by atoms with Gasteiger partial charge >= 0.3 is 5.97 Å². The van der Waals surface area contributed by atoms with Crippen molar-refractivity contribution < 1.29 is 19.9 Å². The van der Waals surface area contributed by atoms with Crippen LogP contribution in [0.5, 0.6) is 0 Å². The van der Waals surface area contributed by atoms with Crippen LogP contribution in [0.1, 0.15) is 36.0 Å². The van der Waals surface area contributed by atoms with Crippen molar-refractivity contribution in [3.8, 4) is 0 Å². The summed E-state index contributed by atoms with van der Waals surface area (Å²) in [5, 5.41) is 32.9. The second-order valence-electron chi connectivity index (χ2n) is 5.08. The summed E-state index contributed by atoms with van der Waals surface area (Å²) in [5.74, 6) is -1.21. The number of benzene rings is 1. The van der Waals surface area contributed by atoms with Crippen LogP contribution in [0.3, 0.4) is 0 Å². The Morgan fingerprint density at radius 1 is 1.40 bits per heavy atom. The maximum Gasteiger partial charge on any atom is 0.335 e. The van der Waals surface area contributed by atoms with Gasteiger partial charge in [0.2, 0.25) is 0 Å². The van der Waals surface area contributed by atoms with Gasteiger partial charge in [-0.25, -0.2) is 4.79 Å². The largest absolute Gasteiger partial charge is 0.478 e. The second-order valence-corrected chi connectivity index (χ2v) is 5.08. The van der Waals surface area contributed by atoms with Crippen molar-refractivity contribution in [1.82, 2.24) is 0 Å². The van der Waals surface area contributed by atoms with Gasteiger partial charge in [-0.3, -0.25) is 10.1 Å². The van der Waals surface area contributed by atoms with Crippen molar-refractivity contribution in [2.24, 2.45) is 0 Å². The molecule has 1 aromatic rings. The molecule has 0 unspecified atom stereocenters. The summed E-state index contributed by atoms with van der Waals surface area (Å²) in [4.78, 5) is 21.2. The fourth-order valence-corrected chi connectivity index (χ4v) is 2.43. The SMILES string of the molecule is O=C(O)c1ccc(NCC2(O)CCCC2)c([N+](=O)[O-])c1. The number of carbonyl (C=O) groups is 1. The van der Waals surface area contributed by atoms with Gasteiger partial charge in [-0.05, 0) is 25.0 Å². The normalized spacial score (nSPS) is 16.9. The first-order valence-corrected chi connectivity index (χ1v) is 6.39. The van der Waals surface area contributed by atoms with Crippen LogP contribution in [-0.4, -0.2) is 33.3 Å². The number of nitro groups is 1. The second kappa shape index (κ2) is 5.46. The van der Waals surface area contributed by atoms with Gasteiger partial charge in [0.15, 0.2) is 0 Å². The smallest absolute Gasteiger partial charge is 0.335 e. The number of nitrogens with zero attached hydrogens (tertiary/aromatic N) is 1. The lowest BCUT2D eigenvalue weighted by Gasteiger charge is -2.22. The number of hydrogen-bond donors (Lipinski definition) is 3. The van der Waals surface area contributed by atoms with Gasteiger partial charge in [0.1, 0.15) is 5.69 Å². The number of hydrogen-bond acceptors (Lipinski definition) is 5. The lowest BCUT2D eigenvalue weighted by atomic mass is 10.0. The average molecular weight is 280 g/mol. The number of rotatable bonds is 5. The molecule has 3 N–H and O–H groups in total. The first-order chi connectivity index (χ1) is 9.41. The summed E-state index contributed by atoms with van der Waals surface area (Å²) in [6.07, 6.45) is 3.22. The molecule has 20 heavy (non-hydrogen) atoms. The molecule has 1 saturated carbocycles. The van der Waals surface area contributed by atoms with Gasteiger partial charge in [0.05, 0.1) is 16.1 Å². The Kier molecular flexibility index (Phi) is 3.89. The molecular weight excluding hydrogens is 264 g/mol. The highest BCUT2D eigenvalue weighted by Crippen LogP contribution is 2.31. The number of carboxylic acid groups (broad SMARTS) is 1. The van der Waals surface area contributed by atoms with E-state index >= 15 is 0 Å². The molecule has 1 fully saturated rings. The summed E-state index contributed by atoms with van der Waals surface area (Å²) < 4.78 is 0. The zero-order valence-corrected chi connectivity index (χ0v) is 10.8. The van der Waals surface area contributed by atoms with E-state index in [2.05, 4.69) is 5.32 Å². The number of nitrogens with one attached hydrogen (secondary N) is 1. The molecule has 7 heteroatoms. The van der Waals surface area contributed by atoms with E-state index in [4.69, 9.17) is 5.11 Å². The van der Waals surface area contributed by atoms with Crippen LogP contribution in [0.4, 0.5) is 11.4 Å². The Bertz CT molecular complexity index is 538. The van der Waals surface area contributed by atoms with E-state index in [1.165, 1.54) is 12.1 Å². The molecule has 0 aromatic heterocycles. The fraction of sp³-hybridized carbons (Fsp3) is 0.462. The molecule has 0 radical (unpaired) electrons. The van der Waals surface area contributed by atoms with E-state index in [1.807, 2.05) is 0 Å². The maximum atomic E-state index is 11.0. The summed E-state index contributed by atoms with van der Waals surface area (Å²) in [5.41, 5.74) is -1.05. The molecule has 2 rings (SSSR count). The minimum absolute atomic E-state index is 0.137. The summed E-state index contributed by atoms with van der Waals surface area (Å²) in [7, 11) is 0. The van der Waals surface area contributed by atoms with E-state index in [1.54, 1.807) is 0 Å². The Labute approximate surface area is 115 Å². The summed E-state index contributed by atoms with van der Waals surface area (Å²) in [6.45, 7) is 0.222. The molecular formula is C13H16N2O5. The van der Waals surface area contributed by atoms with Crippen molar-refractivity contribution >= 4 is 17.3 Å². The number of carboxylic acids is 1. The topological polar surface area (TPSA) is 113 Å². The van der Waals surface area contributed by atoms with Gasteiger partial charge in [0.25, 0.3) is 5.69 Å². The van der Waals surface area contributed by atoms with Crippen molar-refractivity contribution in [2.75, 3.05) is 11.9 Å². The third-order valence-corrected chi connectivity index (χ3v) is 3.58. The molecule has 0 atom stereocenters. The van der Waals surface area contributed by atoms with Crippen LogP contribution < -0.4 is 5.32 Å². The van der Waals surface area contributed by atoms with Crippen LogP contribution in [-0.2, 0) is 0 Å². The zero-order chi connectivity index (χ0) is 14.8. The van der Waals surface area contributed by atoms with Crippen LogP contribution in [0.25, 0.3) is 0 Å². The summed E-state index contributed by atoms with van der Waals surface area (Å²) in [6, 6.07) is 3.68. The molecule has 0 spiro atoms. The van der Waals surface area contributed by atoms with Crippen LogP contribution in [0.15, 0.2) is 18.2 Å². The molecule has 1 aromatic carbocycles. The Morgan fingerprint density at radius 2 is 2.05 bits per heavy atom. The predicted molar refractivity (Wildman–Crippen MR) is 72.0 cm³/mol. The van der Waals surface area contributed by atoms with Crippen molar-refractivity contribution in [3.05, 3.63) is 33.9 Å². The van der Waals surface area contributed by atoms with Gasteiger partial charge in [-0.15, -0.1) is 0 Å². The number of aromatic carboxylic acids is 1. The minimum Gasteiger partial charge on any atom is -0.478 e. The molecule has 0 saturated heterocycles. The molecule has 108 valence electrons. The standard InChI is InChI=1S/C13H16N2O5/c16-12(17)9-3-4-10(11(7-9)15(19)20)14-8-13(18)5-1-2-6-13/h3-4,7,14,18H,1-2,5-6,8H2,(H,16,17). The van der Waals surface area contributed by atoms with E-state index in [-0.39, 0.29) is 23.5 Å². The third kappa shape index (κ3) is 3.05. The monoisotopic (exact) mass is 280 g/mol. The Hall–Kier alpha value is -2.15. The van der Waals surface area contributed by atoms with Crippen LogP contribution in [0.2, 0.25) is 0 Å². The van der Waals surface area contributed by atoms with Crippen molar-refractivity contribution in [2.45, 2.75) is 31.3 Å². The fourth-order valence-electron chi connectivity index (χ4n) is 2.43. The van der Waals surface area contributed by atoms with Crippen LogP contribution >= 0.6 is 0 Å². The van der Waals surface area contributed by atoms with Gasteiger partial charge in [-0.1, -0.05) is 12.8 Å². The molecule has 0 bridgehead atoms. The molecule has 7 nitrogen and oxygen atoms in total. The summed E-state index contributed by atoms with van der Waals surface area (Å²) >= 11 is 0. The van der Waals surface area contributed by atoms with E-state index in [9.17, 15) is 20.0 Å². The lowest BCUT2D eigenvalue weighted by molar-refractivity contribution is -0.384. The van der Waals surface area contributed by atoms with Gasteiger partial charge in [0, 0.05) is 12.6 Å². The highest BCUT2D eigenvalue weighted by Gasteiger charge is 2.31. The maximum absolute atomic E-state index is 11.0. The van der Waals surface area contributed by atoms with E-state index in [0.717, 1.165) is 18.9 Å². The Morgan fingerprint density at radius 3 is 2.60 bits per heavy atom. The van der Waals surface area contributed by atoms with Crippen molar-refractivity contribution in [3.63, 3.8) is 0 Å². The lowest BCUT2D eigenvalue weighted by Crippen LogP contribution is -2.33.